The van der Waals surface area contributed by atoms with Crippen LogP contribution in [0.15, 0.2) is 58.8 Å². The predicted octanol–water partition coefficient (Wildman–Crippen LogP) is 5.86. The van der Waals surface area contributed by atoms with E-state index < -0.39 is 10.0 Å². The maximum absolute atomic E-state index is 13.3. The highest BCUT2D eigenvalue weighted by Gasteiger charge is 2.23. The van der Waals surface area contributed by atoms with E-state index in [1.54, 1.807) is 24.3 Å². The first-order valence-electron chi connectivity index (χ1n) is 10.3. The summed E-state index contributed by atoms with van der Waals surface area (Å²) < 4.78 is 34.5. The standard InChI is InChI=1S/C24H23N3O4S3/c1-14-7-5-8-15(2)21(14)27-34(29,30)20-13-17(10-11-18(20)31-4)26-23(28)22-16(3)25-24(33-22)19-9-6-12-32-19/h5-13,27H,1-4H3,(H,26,28). The van der Waals surface area contributed by atoms with Crippen LogP contribution in [0.2, 0.25) is 0 Å². The van der Waals surface area contributed by atoms with Gasteiger partial charge in [-0.2, -0.15) is 0 Å². The van der Waals surface area contributed by atoms with Crippen LogP contribution in [0.25, 0.3) is 9.88 Å². The zero-order valence-electron chi connectivity index (χ0n) is 19.0. The topological polar surface area (TPSA) is 97.4 Å². The largest absolute Gasteiger partial charge is 0.495 e. The molecule has 1 amide bonds. The van der Waals surface area contributed by atoms with Crippen LogP contribution in [0.5, 0.6) is 5.75 Å². The van der Waals surface area contributed by atoms with Crippen LogP contribution in [0.4, 0.5) is 11.4 Å². The Labute approximate surface area is 206 Å². The summed E-state index contributed by atoms with van der Waals surface area (Å²) in [5, 5.41) is 5.52. The van der Waals surface area contributed by atoms with Gasteiger partial charge in [-0.3, -0.25) is 9.52 Å². The summed E-state index contributed by atoms with van der Waals surface area (Å²) in [5.41, 5.74) is 3.06. The van der Waals surface area contributed by atoms with Crippen molar-refractivity contribution in [1.29, 1.82) is 0 Å². The molecule has 4 aromatic rings. The van der Waals surface area contributed by atoms with Gasteiger partial charge in [0.1, 0.15) is 20.5 Å². The van der Waals surface area contributed by atoms with Crippen molar-refractivity contribution in [2.45, 2.75) is 25.7 Å². The van der Waals surface area contributed by atoms with Crippen LogP contribution < -0.4 is 14.8 Å². The van der Waals surface area contributed by atoms with E-state index in [-0.39, 0.29) is 16.6 Å². The molecule has 34 heavy (non-hydrogen) atoms. The number of benzene rings is 2. The van der Waals surface area contributed by atoms with E-state index in [9.17, 15) is 13.2 Å². The highest BCUT2D eigenvalue weighted by molar-refractivity contribution is 7.92. The van der Waals surface area contributed by atoms with Gasteiger partial charge in [-0.25, -0.2) is 13.4 Å². The van der Waals surface area contributed by atoms with Gasteiger partial charge in [-0.05, 0) is 61.5 Å². The molecule has 4 rings (SSSR count). The number of nitrogens with one attached hydrogen (secondary N) is 2. The van der Waals surface area contributed by atoms with Gasteiger partial charge in [-0.1, -0.05) is 24.3 Å². The number of hydrogen-bond acceptors (Lipinski definition) is 7. The smallest absolute Gasteiger partial charge is 0.267 e. The van der Waals surface area contributed by atoms with Gasteiger partial charge in [-0.15, -0.1) is 22.7 Å². The van der Waals surface area contributed by atoms with Crippen LogP contribution in [0.3, 0.4) is 0 Å². The molecule has 0 saturated carbocycles. The van der Waals surface area contributed by atoms with E-state index in [1.165, 1.54) is 30.6 Å². The average Bonchev–Trinajstić information content (AvgIpc) is 3.46. The molecule has 2 aromatic heterocycles. The molecule has 2 aromatic carbocycles. The molecule has 0 atom stereocenters. The zero-order valence-corrected chi connectivity index (χ0v) is 21.5. The number of methoxy groups -OCH3 is 1. The molecule has 0 aliphatic carbocycles. The van der Waals surface area contributed by atoms with Gasteiger partial charge in [0.25, 0.3) is 15.9 Å². The number of para-hydroxylation sites is 1. The number of hydrogen-bond donors (Lipinski definition) is 2. The molecule has 2 heterocycles. The quantitative estimate of drug-likeness (QED) is 0.323. The summed E-state index contributed by atoms with van der Waals surface area (Å²) in [5.74, 6) is -0.181. The number of nitrogens with zero attached hydrogens (tertiary/aromatic N) is 1. The van der Waals surface area contributed by atoms with Crippen molar-refractivity contribution in [2.75, 3.05) is 17.1 Å². The number of carbonyl (C=O) groups is 1. The first-order chi connectivity index (χ1) is 16.2. The second kappa shape index (κ2) is 9.57. The predicted molar refractivity (Wildman–Crippen MR) is 138 cm³/mol. The zero-order chi connectivity index (χ0) is 24.5. The molecule has 0 bridgehead atoms. The first-order valence-corrected chi connectivity index (χ1v) is 13.5. The lowest BCUT2D eigenvalue weighted by Crippen LogP contribution is -2.17. The van der Waals surface area contributed by atoms with Crippen LogP contribution in [0.1, 0.15) is 26.5 Å². The molecular weight excluding hydrogens is 490 g/mol. The minimum Gasteiger partial charge on any atom is -0.495 e. The molecule has 10 heteroatoms. The van der Waals surface area contributed by atoms with Gasteiger partial charge < -0.3 is 10.1 Å². The van der Waals surface area contributed by atoms with Crippen molar-refractivity contribution < 1.29 is 17.9 Å². The summed E-state index contributed by atoms with van der Waals surface area (Å²) in [6.07, 6.45) is 0. The summed E-state index contributed by atoms with van der Waals surface area (Å²) in [6, 6.07) is 13.9. The molecule has 0 saturated heterocycles. The molecule has 0 fully saturated rings. The molecule has 7 nitrogen and oxygen atoms in total. The third kappa shape index (κ3) is 4.84. The molecule has 0 aliphatic heterocycles. The summed E-state index contributed by atoms with van der Waals surface area (Å²) in [7, 11) is -2.59. The Hall–Kier alpha value is -3.21. The number of aryl methyl sites for hydroxylation is 3. The average molecular weight is 514 g/mol. The Morgan fingerprint density at radius 2 is 1.76 bits per heavy atom. The molecule has 2 N–H and O–H groups in total. The van der Waals surface area contributed by atoms with E-state index in [2.05, 4.69) is 15.0 Å². The van der Waals surface area contributed by atoms with Gasteiger partial charge in [0.05, 0.1) is 23.4 Å². The molecular formula is C24H23N3O4S3. The fourth-order valence-corrected chi connectivity index (χ4v) is 6.59. The summed E-state index contributed by atoms with van der Waals surface area (Å²) >= 11 is 2.85. The van der Waals surface area contributed by atoms with Crippen LogP contribution >= 0.6 is 22.7 Å². The Morgan fingerprint density at radius 3 is 2.41 bits per heavy atom. The van der Waals surface area contributed by atoms with Crippen molar-refractivity contribution in [2.24, 2.45) is 0 Å². The van der Waals surface area contributed by atoms with Gasteiger partial charge in [0.2, 0.25) is 0 Å². The maximum atomic E-state index is 13.3. The molecule has 176 valence electrons. The lowest BCUT2D eigenvalue weighted by molar-refractivity contribution is 0.102. The van der Waals surface area contributed by atoms with E-state index in [4.69, 9.17) is 4.74 Å². The molecule has 0 spiro atoms. The number of anilines is 2. The second-order valence-corrected chi connectivity index (χ2v) is 11.2. The third-order valence-electron chi connectivity index (χ3n) is 5.16. The monoisotopic (exact) mass is 513 g/mol. The first kappa shape index (κ1) is 23.9. The highest BCUT2D eigenvalue weighted by Crippen LogP contribution is 2.33. The number of thiazole rings is 1. The van der Waals surface area contributed by atoms with Gasteiger partial charge in [0, 0.05) is 5.69 Å². The minimum atomic E-state index is -3.99. The van der Waals surface area contributed by atoms with Crippen molar-refractivity contribution in [1.82, 2.24) is 4.98 Å². The van der Waals surface area contributed by atoms with Crippen molar-refractivity contribution in [3.63, 3.8) is 0 Å². The fraction of sp³-hybridized carbons (Fsp3) is 0.167. The fourth-order valence-electron chi connectivity index (χ4n) is 3.43. The summed E-state index contributed by atoms with van der Waals surface area (Å²) in [6.45, 7) is 5.45. The molecule has 0 unspecified atom stereocenters. The highest BCUT2D eigenvalue weighted by atomic mass is 32.2. The number of rotatable bonds is 7. The van der Waals surface area contributed by atoms with E-state index >= 15 is 0 Å². The summed E-state index contributed by atoms with van der Waals surface area (Å²) in [4.78, 5) is 18.9. The van der Waals surface area contributed by atoms with E-state index in [0.717, 1.165) is 21.0 Å². The third-order valence-corrected chi connectivity index (χ3v) is 8.73. The Bertz CT molecular complexity index is 1440. The Kier molecular flexibility index (Phi) is 6.74. The van der Waals surface area contributed by atoms with Crippen LogP contribution in [-0.2, 0) is 10.0 Å². The normalized spacial score (nSPS) is 11.3. The van der Waals surface area contributed by atoms with Gasteiger partial charge in [0.15, 0.2) is 0 Å². The van der Waals surface area contributed by atoms with Crippen molar-refractivity contribution >= 4 is 50.0 Å². The minimum absolute atomic E-state index is 0.0734. The van der Waals surface area contributed by atoms with Crippen molar-refractivity contribution in [3.05, 3.63) is 75.6 Å². The lowest BCUT2D eigenvalue weighted by atomic mass is 10.1. The second-order valence-electron chi connectivity index (χ2n) is 7.60. The van der Waals surface area contributed by atoms with Crippen LogP contribution in [-0.4, -0.2) is 26.4 Å². The number of thiophene rings is 1. The Balaban J connectivity index is 1.63. The van der Waals surface area contributed by atoms with Gasteiger partial charge >= 0.3 is 0 Å². The van der Waals surface area contributed by atoms with E-state index in [1.807, 2.05) is 49.6 Å². The number of ether oxygens (including phenoxy) is 1. The number of carbonyl (C=O) groups excluding carboxylic acids is 1. The molecule has 0 radical (unpaired) electrons. The lowest BCUT2D eigenvalue weighted by Gasteiger charge is -2.16. The molecule has 0 aliphatic rings. The number of sulfonamides is 1. The maximum Gasteiger partial charge on any atom is 0.267 e. The van der Waals surface area contributed by atoms with Crippen molar-refractivity contribution in [3.8, 4) is 15.6 Å². The van der Waals surface area contributed by atoms with Crippen LogP contribution in [0, 0.1) is 20.8 Å². The number of aromatic nitrogens is 1. The van der Waals surface area contributed by atoms with E-state index in [0.29, 0.717) is 21.9 Å². The number of amides is 1. The SMILES string of the molecule is COc1ccc(NC(=O)c2sc(-c3cccs3)nc2C)cc1S(=O)(=O)Nc1c(C)cccc1C. The Morgan fingerprint density at radius 1 is 1.03 bits per heavy atom.